The van der Waals surface area contributed by atoms with Gasteiger partial charge < -0.3 is 10.8 Å². The molecule has 5 heteroatoms. The van der Waals surface area contributed by atoms with Gasteiger partial charge in [0.05, 0.1) is 11.8 Å². The molecular weight excluding hydrogens is 170 g/mol. The van der Waals surface area contributed by atoms with Crippen molar-refractivity contribution in [3.63, 3.8) is 0 Å². The molecule has 5 nitrogen and oxygen atoms in total. The van der Waals surface area contributed by atoms with Crippen LogP contribution in [-0.4, -0.2) is 23.0 Å². The molecule has 0 aliphatic rings. The normalized spacial score (nSPS) is 15.3. The summed E-state index contributed by atoms with van der Waals surface area (Å²) in [5.41, 5.74) is 7.14. The van der Waals surface area contributed by atoms with Crippen LogP contribution in [0.25, 0.3) is 0 Å². The summed E-state index contributed by atoms with van der Waals surface area (Å²) in [6.07, 6.45) is -0.702. The molecule has 2 amide bonds. The van der Waals surface area contributed by atoms with E-state index in [1.54, 1.807) is 6.92 Å². The summed E-state index contributed by atoms with van der Waals surface area (Å²) in [6.45, 7) is 7.26. The Bertz CT molecular complexity index is 216. The van der Waals surface area contributed by atoms with Gasteiger partial charge in [-0.3, -0.25) is 0 Å². The number of primary amides is 1. The van der Waals surface area contributed by atoms with Gasteiger partial charge in [0, 0.05) is 5.41 Å². The summed E-state index contributed by atoms with van der Waals surface area (Å²) >= 11 is 0. The minimum Gasteiger partial charge on any atom is -0.387 e. The van der Waals surface area contributed by atoms with Gasteiger partial charge in [-0.05, 0) is 6.92 Å². The van der Waals surface area contributed by atoms with E-state index in [4.69, 9.17) is 5.73 Å². The summed E-state index contributed by atoms with van der Waals surface area (Å²) in [7, 11) is 0. The van der Waals surface area contributed by atoms with Gasteiger partial charge in [-0.25, -0.2) is 10.2 Å². The lowest BCUT2D eigenvalue weighted by Crippen LogP contribution is -2.35. The zero-order valence-electron chi connectivity index (χ0n) is 8.46. The van der Waals surface area contributed by atoms with E-state index in [0.717, 1.165) is 0 Å². The van der Waals surface area contributed by atoms with Crippen LogP contribution in [0.5, 0.6) is 0 Å². The van der Waals surface area contributed by atoms with E-state index in [1.807, 2.05) is 20.8 Å². The Balaban J connectivity index is 4.62. The highest BCUT2D eigenvalue weighted by Crippen LogP contribution is 2.18. The van der Waals surface area contributed by atoms with Gasteiger partial charge in [0.1, 0.15) is 0 Å². The SMILES string of the molecule is CC(O)/C(=N\NC(N)=O)C(C)(C)C. The highest BCUT2D eigenvalue weighted by atomic mass is 16.3. The second kappa shape index (κ2) is 4.23. The molecule has 0 saturated heterocycles. The van der Waals surface area contributed by atoms with E-state index in [2.05, 4.69) is 10.5 Å². The Labute approximate surface area is 78.0 Å². The number of hydrazone groups is 1. The average Bonchev–Trinajstić information content (AvgIpc) is 1.81. The number of urea groups is 1. The Kier molecular flexibility index (Phi) is 3.87. The Morgan fingerprint density at radius 1 is 1.54 bits per heavy atom. The molecule has 0 bridgehead atoms. The van der Waals surface area contributed by atoms with Crippen LogP contribution in [-0.2, 0) is 0 Å². The molecular formula is C8H17N3O2. The molecule has 0 fully saturated rings. The lowest BCUT2D eigenvalue weighted by Gasteiger charge is -2.23. The van der Waals surface area contributed by atoms with Crippen LogP contribution in [0.2, 0.25) is 0 Å². The van der Waals surface area contributed by atoms with Gasteiger partial charge in [0.25, 0.3) is 0 Å². The lowest BCUT2D eigenvalue weighted by molar-refractivity contribution is 0.243. The monoisotopic (exact) mass is 187 g/mol. The molecule has 1 unspecified atom stereocenters. The minimum absolute atomic E-state index is 0.295. The second-order valence-electron chi connectivity index (χ2n) is 3.90. The van der Waals surface area contributed by atoms with Crippen LogP contribution in [0.15, 0.2) is 5.10 Å². The molecule has 76 valence electrons. The van der Waals surface area contributed by atoms with Crippen molar-refractivity contribution in [3.05, 3.63) is 0 Å². The first-order valence-corrected chi connectivity index (χ1v) is 4.06. The number of hydrogen-bond donors (Lipinski definition) is 3. The van der Waals surface area contributed by atoms with Crippen molar-refractivity contribution in [1.29, 1.82) is 0 Å². The van der Waals surface area contributed by atoms with Crippen LogP contribution in [0, 0.1) is 5.41 Å². The first kappa shape index (κ1) is 11.9. The Morgan fingerprint density at radius 3 is 2.23 bits per heavy atom. The maximum atomic E-state index is 10.4. The number of carbonyl (C=O) groups is 1. The molecule has 13 heavy (non-hydrogen) atoms. The van der Waals surface area contributed by atoms with E-state index in [9.17, 15) is 9.90 Å². The zero-order valence-corrected chi connectivity index (χ0v) is 8.46. The Morgan fingerprint density at radius 2 is 2.00 bits per heavy atom. The molecule has 0 heterocycles. The largest absolute Gasteiger partial charge is 0.387 e. The van der Waals surface area contributed by atoms with Crippen LogP contribution >= 0.6 is 0 Å². The van der Waals surface area contributed by atoms with Crippen LogP contribution in [0.1, 0.15) is 27.7 Å². The van der Waals surface area contributed by atoms with Gasteiger partial charge >= 0.3 is 6.03 Å². The van der Waals surface area contributed by atoms with E-state index >= 15 is 0 Å². The van der Waals surface area contributed by atoms with Gasteiger partial charge in [-0.15, -0.1) is 0 Å². The molecule has 0 rings (SSSR count). The fourth-order valence-electron chi connectivity index (χ4n) is 1.00. The van der Waals surface area contributed by atoms with Gasteiger partial charge in [0.2, 0.25) is 0 Å². The fraction of sp³-hybridized carbons (Fsp3) is 0.750. The quantitative estimate of drug-likeness (QED) is 0.432. The number of aliphatic hydroxyl groups excluding tert-OH is 1. The van der Waals surface area contributed by atoms with Crippen molar-refractivity contribution in [2.24, 2.45) is 16.3 Å². The second-order valence-corrected chi connectivity index (χ2v) is 3.90. The van der Waals surface area contributed by atoms with Crippen molar-refractivity contribution in [1.82, 2.24) is 5.43 Å². The van der Waals surface area contributed by atoms with Gasteiger partial charge in [-0.2, -0.15) is 5.10 Å². The van der Waals surface area contributed by atoms with Crippen molar-refractivity contribution >= 4 is 11.7 Å². The number of amides is 2. The number of rotatable bonds is 2. The average molecular weight is 187 g/mol. The highest BCUT2D eigenvalue weighted by Gasteiger charge is 2.23. The third-order valence-electron chi connectivity index (χ3n) is 1.45. The molecule has 0 spiro atoms. The molecule has 0 aliphatic heterocycles. The van der Waals surface area contributed by atoms with Crippen molar-refractivity contribution in [2.75, 3.05) is 0 Å². The summed E-state index contributed by atoms with van der Waals surface area (Å²) in [4.78, 5) is 10.4. The number of nitrogens with one attached hydrogen (secondary N) is 1. The number of nitrogens with zero attached hydrogens (tertiary/aromatic N) is 1. The van der Waals surface area contributed by atoms with E-state index in [-0.39, 0.29) is 5.41 Å². The van der Waals surface area contributed by atoms with Gasteiger partial charge in [-0.1, -0.05) is 20.8 Å². The predicted molar refractivity (Wildman–Crippen MR) is 51.3 cm³/mol. The molecule has 0 aromatic carbocycles. The number of carbonyl (C=O) groups excluding carboxylic acids is 1. The maximum absolute atomic E-state index is 10.4. The predicted octanol–water partition coefficient (Wildman–Crippen LogP) is 0.438. The third kappa shape index (κ3) is 4.47. The van der Waals surface area contributed by atoms with Crippen LogP contribution in [0.4, 0.5) is 4.79 Å². The Hall–Kier alpha value is -1.10. The van der Waals surface area contributed by atoms with Crippen molar-refractivity contribution < 1.29 is 9.90 Å². The molecule has 0 aromatic heterocycles. The number of hydrogen-bond acceptors (Lipinski definition) is 3. The summed E-state index contributed by atoms with van der Waals surface area (Å²) in [5, 5.41) is 13.1. The smallest absolute Gasteiger partial charge is 0.332 e. The minimum atomic E-state index is -0.734. The molecule has 1 atom stereocenters. The first-order valence-electron chi connectivity index (χ1n) is 4.06. The number of aliphatic hydroxyl groups is 1. The molecule has 0 aliphatic carbocycles. The lowest BCUT2D eigenvalue weighted by atomic mass is 9.87. The third-order valence-corrected chi connectivity index (χ3v) is 1.45. The summed E-state index contributed by atoms with van der Waals surface area (Å²) in [5.74, 6) is 0. The van der Waals surface area contributed by atoms with Gasteiger partial charge in [0.15, 0.2) is 0 Å². The van der Waals surface area contributed by atoms with E-state index < -0.39 is 12.1 Å². The summed E-state index contributed by atoms with van der Waals surface area (Å²) < 4.78 is 0. The van der Waals surface area contributed by atoms with E-state index in [1.165, 1.54) is 0 Å². The summed E-state index contributed by atoms with van der Waals surface area (Å²) in [6, 6.07) is -0.734. The van der Waals surface area contributed by atoms with Crippen molar-refractivity contribution in [2.45, 2.75) is 33.8 Å². The molecule has 0 aromatic rings. The topological polar surface area (TPSA) is 87.7 Å². The molecule has 4 N–H and O–H groups in total. The number of nitrogens with two attached hydrogens (primary N) is 1. The van der Waals surface area contributed by atoms with Crippen LogP contribution < -0.4 is 11.2 Å². The fourth-order valence-corrected chi connectivity index (χ4v) is 1.00. The van der Waals surface area contributed by atoms with Crippen molar-refractivity contribution in [3.8, 4) is 0 Å². The zero-order chi connectivity index (χ0) is 10.6. The molecule has 0 saturated carbocycles. The maximum Gasteiger partial charge on any atom is 0.332 e. The first-order chi connectivity index (χ1) is 5.75. The standard InChI is InChI=1S/C8H17N3O2/c1-5(12)6(8(2,3)4)10-11-7(9)13/h5,12H,1-4H3,(H3,9,11,13)/b10-6+. The van der Waals surface area contributed by atoms with E-state index in [0.29, 0.717) is 5.71 Å². The molecule has 0 radical (unpaired) electrons. The van der Waals surface area contributed by atoms with Crippen LogP contribution in [0.3, 0.4) is 0 Å². The highest BCUT2D eigenvalue weighted by molar-refractivity contribution is 5.93.